The number of piperazine rings is 1. The summed E-state index contributed by atoms with van der Waals surface area (Å²) >= 11 is 0. The van der Waals surface area contributed by atoms with Gasteiger partial charge in [-0.2, -0.15) is 0 Å². The van der Waals surface area contributed by atoms with Gasteiger partial charge < -0.3 is 5.32 Å². The number of hydrogen-bond donors (Lipinski definition) is 1. The molecule has 0 aromatic heterocycles. The van der Waals surface area contributed by atoms with E-state index in [-0.39, 0.29) is 5.82 Å². The Morgan fingerprint density at radius 3 is 2.84 bits per heavy atom. The molecule has 1 aliphatic heterocycles. The van der Waals surface area contributed by atoms with Gasteiger partial charge in [0.05, 0.1) is 0 Å². The molecule has 0 amide bonds. The van der Waals surface area contributed by atoms with Crippen molar-refractivity contribution in [2.45, 2.75) is 44.2 Å². The summed E-state index contributed by atoms with van der Waals surface area (Å²) in [5.41, 5.74) is 1.43. The van der Waals surface area contributed by atoms with Crippen LogP contribution in [0, 0.1) is 5.82 Å². The van der Waals surface area contributed by atoms with Gasteiger partial charge in [0.15, 0.2) is 0 Å². The molecule has 2 fully saturated rings. The predicted octanol–water partition coefficient (Wildman–Crippen LogP) is 2.93. The van der Waals surface area contributed by atoms with Crippen molar-refractivity contribution in [3.8, 4) is 0 Å². The standard InChI is InChI=1S/C16H23FN2/c17-15-6-4-5-14(11-15)12-19-10-9-18-13-16(19)7-2-1-3-8-16/h4-6,11,18H,1-3,7-10,12-13H2. The highest BCUT2D eigenvalue weighted by Crippen LogP contribution is 2.35. The van der Waals surface area contributed by atoms with Crippen LogP contribution in [0.4, 0.5) is 4.39 Å². The second-order valence-electron chi connectivity index (χ2n) is 6.01. The number of rotatable bonds is 2. The van der Waals surface area contributed by atoms with Crippen molar-refractivity contribution in [2.24, 2.45) is 0 Å². The molecule has 1 saturated heterocycles. The molecule has 104 valence electrons. The van der Waals surface area contributed by atoms with Gasteiger partial charge in [0.1, 0.15) is 5.82 Å². The van der Waals surface area contributed by atoms with Crippen LogP contribution in [0.1, 0.15) is 37.7 Å². The number of nitrogens with zero attached hydrogens (tertiary/aromatic N) is 1. The Balaban J connectivity index is 1.77. The molecular formula is C16H23FN2. The van der Waals surface area contributed by atoms with Gasteiger partial charge in [-0.3, -0.25) is 4.90 Å². The highest BCUT2D eigenvalue weighted by molar-refractivity contribution is 5.17. The molecule has 1 spiro atoms. The second-order valence-corrected chi connectivity index (χ2v) is 6.01. The van der Waals surface area contributed by atoms with Gasteiger partial charge in [0, 0.05) is 31.7 Å². The van der Waals surface area contributed by atoms with Crippen molar-refractivity contribution < 1.29 is 4.39 Å². The molecule has 3 heteroatoms. The molecule has 2 aliphatic rings. The first-order valence-electron chi connectivity index (χ1n) is 7.49. The second kappa shape index (κ2) is 5.59. The Morgan fingerprint density at radius 1 is 1.21 bits per heavy atom. The van der Waals surface area contributed by atoms with Crippen LogP contribution in [0.15, 0.2) is 24.3 Å². The fourth-order valence-corrected chi connectivity index (χ4v) is 3.69. The fourth-order valence-electron chi connectivity index (χ4n) is 3.69. The zero-order valence-electron chi connectivity index (χ0n) is 11.5. The maximum atomic E-state index is 13.3. The van der Waals surface area contributed by atoms with E-state index in [4.69, 9.17) is 0 Å². The topological polar surface area (TPSA) is 15.3 Å². The lowest BCUT2D eigenvalue weighted by Gasteiger charge is -2.50. The van der Waals surface area contributed by atoms with Crippen LogP contribution in [0.5, 0.6) is 0 Å². The van der Waals surface area contributed by atoms with Crippen molar-refractivity contribution in [1.82, 2.24) is 10.2 Å². The first-order chi connectivity index (χ1) is 9.28. The highest BCUT2D eigenvalue weighted by atomic mass is 19.1. The van der Waals surface area contributed by atoms with Crippen molar-refractivity contribution in [3.63, 3.8) is 0 Å². The van der Waals surface area contributed by atoms with E-state index in [0.717, 1.165) is 31.7 Å². The number of halogens is 1. The smallest absolute Gasteiger partial charge is 0.123 e. The van der Waals surface area contributed by atoms with E-state index >= 15 is 0 Å². The van der Waals surface area contributed by atoms with E-state index in [2.05, 4.69) is 10.2 Å². The number of benzene rings is 1. The third-order valence-electron chi connectivity index (χ3n) is 4.73. The van der Waals surface area contributed by atoms with E-state index in [9.17, 15) is 4.39 Å². The first-order valence-corrected chi connectivity index (χ1v) is 7.49. The summed E-state index contributed by atoms with van der Waals surface area (Å²) < 4.78 is 13.3. The Kier molecular flexibility index (Phi) is 3.85. The lowest BCUT2D eigenvalue weighted by molar-refractivity contribution is 0.0208. The zero-order chi connectivity index (χ0) is 13.1. The Labute approximate surface area is 115 Å². The maximum Gasteiger partial charge on any atom is 0.123 e. The number of hydrogen-bond acceptors (Lipinski definition) is 2. The highest BCUT2D eigenvalue weighted by Gasteiger charge is 2.39. The number of nitrogens with one attached hydrogen (secondary N) is 1. The largest absolute Gasteiger partial charge is 0.314 e. The fraction of sp³-hybridized carbons (Fsp3) is 0.625. The normalized spacial score (nSPS) is 23.6. The predicted molar refractivity (Wildman–Crippen MR) is 75.5 cm³/mol. The summed E-state index contributed by atoms with van der Waals surface area (Å²) in [6.07, 6.45) is 6.61. The molecule has 1 saturated carbocycles. The molecule has 3 rings (SSSR count). The van der Waals surface area contributed by atoms with Crippen LogP contribution in [0.3, 0.4) is 0 Å². The molecule has 1 aromatic carbocycles. The summed E-state index contributed by atoms with van der Waals surface area (Å²) in [5, 5.41) is 3.56. The molecule has 1 aliphatic carbocycles. The summed E-state index contributed by atoms with van der Waals surface area (Å²) in [7, 11) is 0. The quantitative estimate of drug-likeness (QED) is 0.881. The average molecular weight is 262 g/mol. The minimum absolute atomic E-state index is 0.120. The van der Waals surface area contributed by atoms with Gasteiger partial charge in [-0.1, -0.05) is 31.4 Å². The Bertz CT molecular complexity index is 418. The molecule has 0 unspecified atom stereocenters. The average Bonchev–Trinajstić information content (AvgIpc) is 2.43. The summed E-state index contributed by atoms with van der Waals surface area (Å²) in [4.78, 5) is 2.59. The molecule has 1 N–H and O–H groups in total. The van der Waals surface area contributed by atoms with E-state index in [1.165, 1.54) is 38.2 Å². The van der Waals surface area contributed by atoms with E-state index in [0.29, 0.717) is 5.54 Å². The van der Waals surface area contributed by atoms with E-state index < -0.39 is 0 Å². The molecule has 0 atom stereocenters. The van der Waals surface area contributed by atoms with Gasteiger partial charge in [0.2, 0.25) is 0 Å². The molecule has 1 heterocycles. The lowest BCUT2D eigenvalue weighted by atomic mass is 9.79. The molecule has 2 nitrogen and oxygen atoms in total. The van der Waals surface area contributed by atoms with Gasteiger partial charge >= 0.3 is 0 Å². The van der Waals surface area contributed by atoms with Crippen LogP contribution in [-0.4, -0.2) is 30.1 Å². The first kappa shape index (κ1) is 13.1. The SMILES string of the molecule is Fc1cccc(CN2CCNCC23CCCCC3)c1. The van der Waals surface area contributed by atoms with Gasteiger partial charge in [-0.05, 0) is 30.5 Å². The van der Waals surface area contributed by atoms with Gasteiger partial charge in [0.25, 0.3) is 0 Å². The van der Waals surface area contributed by atoms with Crippen LogP contribution in [0.2, 0.25) is 0 Å². The van der Waals surface area contributed by atoms with Crippen molar-refractivity contribution in [2.75, 3.05) is 19.6 Å². The molecule has 0 radical (unpaired) electrons. The third kappa shape index (κ3) is 2.82. The van der Waals surface area contributed by atoms with Gasteiger partial charge in [-0.25, -0.2) is 4.39 Å². The van der Waals surface area contributed by atoms with Crippen LogP contribution >= 0.6 is 0 Å². The Morgan fingerprint density at radius 2 is 2.05 bits per heavy atom. The summed E-state index contributed by atoms with van der Waals surface area (Å²) in [6.45, 7) is 4.12. The Hall–Kier alpha value is -0.930. The van der Waals surface area contributed by atoms with E-state index in [1.807, 2.05) is 12.1 Å². The molecular weight excluding hydrogens is 239 g/mol. The minimum Gasteiger partial charge on any atom is -0.314 e. The van der Waals surface area contributed by atoms with E-state index in [1.54, 1.807) is 6.07 Å². The monoisotopic (exact) mass is 262 g/mol. The summed E-state index contributed by atoms with van der Waals surface area (Å²) in [6, 6.07) is 7.07. The van der Waals surface area contributed by atoms with Crippen LogP contribution in [0.25, 0.3) is 0 Å². The third-order valence-corrected chi connectivity index (χ3v) is 4.73. The van der Waals surface area contributed by atoms with Crippen LogP contribution in [-0.2, 0) is 6.54 Å². The maximum absolute atomic E-state index is 13.3. The van der Waals surface area contributed by atoms with Crippen molar-refractivity contribution in [3.05, 3.63) is 35.6 Å². The zero-order valence-corrected chi connectivity index (χ0v) is 11.5. The molecule has 19 heavy (non-hydrogen) atoms. The minimum atomic E-state index is -0.120. The van der Waals surface area contributed by atoms with Crippen LogP contribution < -0.4 is 5.32 Å². The van der Waals surface area contributed by atoms with Gasteiger partial charge in [-0.15, -0.1) is 0 Å². The van der Waals surface area contributed by atoms with Crippen molar-refractivity contribution in [1.29, 1.82) is 0 Å². The summed E-state index contributed by atoms with van der Waals surface area (Å²) in [5.74, 6) is -0.120. The molecule has 0 bridgehead atoms. The van der Waals surface area contributed by atoms with Crippen molar-refractivity contribution >= 4 is 0 Å². The molecule has 1 aromatic rings. The lowest BCUT2D eigenvalue weighted by Crippen LogP contribution is -2.61.